The Morgan fingerprint density at radius 1 is 0.972 bits per heavy atom. The van der Waals surface area contributed by atoms with Crippen LogP contribution >= 0.6 is 11.3 Å². The van der Waals surface area contributed by atoms with E-state index in [2.05, 4.69) is 0 Å². The van der Waals surface area contributed by atoms with E-state index in [4.69, 9.17) is 9.47 Å². The molecule has 0 radical (unpaired) electrons. The number of aryl methyl sites for hydroxylation is 1. The topological polar surface area (TPSA) is 76.2 Å². The number of hydrogen-bond donors (Lipinski definition) is 0. The van der Waals surface area contributed by atoms with Crippen molar-refractivity contribution in [3.05, 3.63) is 76.0 Å². The number of amides is 1. The molecular weight excluding hydrogens is 496 g/mol. The van der Waals surface area contributed by atoms with Crippen molar-refractivity contribution >= 4 is 27.3 Å². The Kier molecular flexibility index (Phi) is 9.53. The van der Waals surface area contributed by atoms with Crippen LogP contribution in [0.3, 0.4) is 0 Å². The van der Waals surface area contributed by atoms with Crippen LogP contribution in [0.1, 0.15) is 29.2 Å². The average molecular weight is 531 g/mol. The molecular formula is C27H34N2O5S2. The fraction of sp³-hybridized carbons (Fsp3) is 0.370. The fourth-order valence-corrected chi connectivity index (χ4v) is 6.37. The molecule has 194 valence electrons. The van der Waals surface area contributed by atoms with E-state index in [0.717, 1.165) is 15.3 Å². The van der Waals surface area contributed by atoms with Gasteiger partial charge in [-0.15, -0.1) is 11.3 Å². The van der Waals surface area contributed by atoms with Crippen molar-refractivity contribution in [1.29, 1.82) is 0 Å². The van der Waals surface area contributed by atoms with Crippen molar-refractivity contribution in [3.63, 3.8) is 0 Å². The molecule has 36 heavy (non-hydrogen) atoms. The summed E-state index contributed by atoms with van der Waals surface area (Å²) in [5.74, 6) is 1.03. The lowest BCUT2D eigenvalue weighted by Crippen LogP contribution is -2.46. The Balaban J connectivity index is 1.83. The van der Waals surface area contributed by atoms with Gasteiger partial charge in [-0.05, 0) is 69.2 Å². The molecule has 3 rings (SSSR count). The van der Waals surface area contributed by atoms with Gasteiger partial charge in [-0.25, -0.2) is 8.42 Å². The van der Waals surface area contributed by atoms with Crippen molar-refractivity contribution in [2.75, 3.05) is 27.3 Å². The van der Waals surface area contributed by atoms with Gasteiger partial charge in [0.05, 0.1) is 32.2 Å². The lowest BCUT2D eigenvalue weighted by atomic mass is 10.1. The molecule has 3 aromatic rings. The Morgan fingerprint density at radius 3 is 2.25 bits per heavy atom. The number of rotatable bonds is 12. The largest absolute Gasteiger partial charge is 0.493 e. The molecule has 0 fully saturated rings. The molecule has 1 heterocycles. The molecule has 7 nitrogen and oxygen atoms in total. The smallest absolute Gasteiger partial charge is 0.243 e. The molecule has 1 amide bonds. The van der Waals surface area contributed by atoms with Gasteiger partial charge < -0.3 is 14.4 Å². The van der Waals surface area contributed by atoms with Crippen molar-refractivity contribution < 1.29 is 22.7 Å². The Morgan fingerprint density at radius 2 is 1.67 bits per heavy atom. The quantitative estimate of drug-likeness (QED) is 0.338. The van der Waals surface area contributed by atoms with Crippen LogP contribution in [0.4, 0.5) is 0 Å². The molecule has 0 bridgehead atoms. The highest BCUT2D eigenvalue weighted by Crippen LogP contribution is 2.28. The van der Waals surface area contributed by atoms with E-state index in [1.807, 2.05) is 37.3 Å². The molecule has 0 atom stereocenters. The van der Waals surface area contributed by atoms with E-state index in [1.165, 1.54) is 4.31 Å². The predicted molar refractivity (Wildman–Crippen MR) is 143 cm³/mol. The highest BCUT2D eigenvalue weighted by molar-refractivity contribution is 7.89. The van der Waals surface area contributed by atoms with E-state index in [-0.39, 0.29) is 23.4 Å². The van der Waals surface area contributed by atoms with Crippen LogP contribution in [0.15, 0.2) is 65.6 Å². The first-order valence-electron chi connectivity index (χ1n) is 11.8. The van der Waals surface area contributed by atoms with E-state index in [9.17, 15) is 13.2 Å². The molecule has 0 saturated heterocycles. The maximum absolute atomic E-state index is 13.6. The summed E-state index contributed by atoms with van der Waals surface area (Å²) in [6.45, 7) is 6.21. The molecule has 0 aliphatic heterocycles. The summed E-state index contributed by atoms with van der Waals surface area (Å²) in [4.78, 5) is 17.7. The van der Waals surface area contributed by atoms with Gasteiger partial charge in [-0.3, -0.25) is 4.79 Å². The summed E-state index contributed by atoms with van der Waals surface area (Å²) >= 11 is 1.63. The fourth-order valence-electron chi connectivity index (χ4n) is 3.86. The first-order valence-corrected chi connectivity index (χ1v) is 14.0. The van der Waals surface area contributed by atoms with Crippen LogP contribution in [0.25, 0.3) is 0 Å². The monoisotopic (exact) mass is 530 g/mol. The highest BCUT2D eigenvalue weighted by Gasteiger charge is 2.30. The number of ether oxygens (including phenoxy) is 2. The highest BCUT2D eigenvalue weighted by atomic mass is 32.2. The number of benzene rings is 2. The van der Waals surface area contributed by atoms with Gasteiger partial charge in [0.15, 0.2) is 11.5 Å². The molecule has 0 saturated carbocycles. The molecule has 0 N–H and O–H groups in total. The van der Waals surface area contributed by atoms with Crippen molar-refractivity contribution in [1.82, 2.24) is 9.21 Å². The van der Waals surface area contributed by atoms with Gasteiger partial charge in [0.2, 0.25) is 15.9 Å². The van der Waals surface area contributed by atoms with E-state index in [0.29, 0.717) is 31.0 Å². The Bertz CT molecular complexity index is 1260. The average Bonchev–Trinajstić information content (AvgIpc) is 3.29. The third kappa shape index (κ3) is 6.87. The zero-order chi connectivity index (χ0) is 26.3. The Labute approximate surface area is 218 Å². The molecule has 2 aromatic carbocycles. The second-order valence-corrected chi connectivity index (χ2v) is 12.0. The van der Waals surface area contributed by atoms with Gasteiger partial charge in [0.25, 0.3) is 0 Å². The molecule has 1 aromatic heterocycles. The van der Waals surface area contributed by atoms with Crippen LogP contribution in [0.2, 0.25) is 0 Å². The normalized spacial score (nSPS) is 11.6. The predicted octanol–water partition coefficient (Wildman–Crippen LogP) is 4.74. The summed E-state index contributed by atoms with van der Waals surface area (Å²) < 4.78 is 38.7. The van der Waals surface area contributed by atoms with E-state index >= 15 is 0 Å². The molecule has 0 aliphatic rings. The number of thiophene rings is 1. The first kappa shape index (κ1) is 27.7. The SMILES string of the molecule is COc1ccc(CCN(Cc2ccc(C)s2)C(=O)CN(C(C)C)S(=O)(=O)c2ccccc2)cc1OC. The van der Waals surface area contributed by atoms with Gasteiger partial charge in [0.1, 0.15) is 0 Å². The van der Waals surface area contributed by atoms with Crippen LogP contribution in [-0.4, -0.2) is 56.9 Å². The lowest BCUT2D eigenvalue weighted by Gasteiger charge is -2.29. The summed E-state index contributed by atoms with van der Waals surface area (Å²) in [6.07, 6.45) is 0.587. The summed E-state index contributed by atoms with van der Waals surface area (Å²) in [7, 11) is -0.648. The zero-order valence-electron chi connectivity index (χ0n) is 21.4. The number of methoxy groups -OCH3 is 2. The van der Waals surface area contributed by atoms with Gasteiger partial charge in [-0.2, -0.15) is 4.31 Å². The summed E-state index contributed by atoms with van der Waals surface area (Å²) in [5, 5.41) is 0. The number of carbonyl (C=O) groups excluding carboxylic acids is 1. The third-order valence-electron chi connectivity index (χ3n) is 5.83. The standard InChI is InChI=1S/C27H34N2O5S2/c1-20(2)29(36(31,32)24-9-7-6-8-10-24)19-27(30)28(18-23-13-11-21(3)35-23)16-15-22-12-14-25(33-4)26(17-22)34-5/h6-14,17,20H,15-16,18-19H2,1-5H3. The van der Waals surface area contributed by atoms with Crippen LogP contribution in [0.5, 0.6) is 11.5 Å². The van der Waals surface area contributed by atoms with Crippen molar-refractivity contribution in [2.45, 2.75) is 44.7 Å². The van der Waals surface area contributed by atoms with Gasteiger partial charge >= 0.3 is 0 Å². The van der Waals surface area contributed by atoms with Crippen LogP contribution < -0.4 is 9.47 Å². The maximum atomic E-state index is 13.6. The minimum absolute atomic E-state index is 0.178. The number of sulfonamides is 1. The number of hydrogen-bond acceptors (Lipinski definition) is 6. The second kappa shape index (κ2) is 12.4. The van der Waals surface area contributed by atoms with Crippen molar-refractivity contribution in [2.24, 2.45) is 0 Å². The summed E-state index contributed by atoms with van der Waals surface area (Å²) in [5.41, 5.74) is 0.991. The van der Waals surface area contributed by atoms with Crippen LogP contribution in [-0.2, 0) is 27.8 Å². The first-order chi connectivity index (χ1) is 17.1. The van der Waals surface area contributed by atoms with E-state index < -0.39 is 10.0 Å². The van der Waals surface area contributed by atoms with Gasteiger partial charge in [0, 0.05) is 22.3 Å². The Hall–Kier alpha value is -2.88. The molecule has 0 aliphatic carbocycles. The zero-order valence-corrected chi connectivity index (χ0v) is 23.1. The third-order valence-corrected chi connectivity index (χ3v) is 8.85. The minimum Gasteiger partial charge on any atom is -0.493 e. The molecule has 9 heteroatoms. The van der Waals surface area contributed by atoms with Crippen LogP contribution in [0, 0.1) is 6.92 Å². The van der Waals surface area contributed by atoms with E-state index in [1.54, 1.807) is 74.6 Å². The molecule has 0 spiro atoms. The lowest BCUT2D eigenvalue weighted by molar-refractivity contribution is -0.132. The van der Waals surface area contributed by atoms with Gasteiger partial charge in [-0.1, -0.05) is 24.3 Å². The number of nitrogens with zero attached hydrogens (tertiary/aromatic N) is 2. The number of carbonyl (C=O) groups is 1. The van der Waals surface area contributed by atoms with Crippen molar-refractivity contribution in [3.8, 4) is 11.5 Å². The minimum atomic E-state index is -3.82. The second-order valence-electron chi connectivity index (χ2n) is 8.72. The molecule has 0 unspecified atom stereocenters. The summed E-state index contributed by atoms with van der Waals surface area (Å²) in [6, 6.07) is 17.6. The maximum Gasteiger partial charge on any atom is 0.243 e.